The third-order valence-corrected chi connectivity index (χ3v) is 3.40. The zero-order chi connectivity index (χ0) is 13.8. The van der Waals surface area contributed by atoms with Gasteiger partial charge in [-0.2, -0.15) is 0 Å². The van der Waals surface area contributed by atoms with Gasteiger partial charge in [-0.3, -0.25) is 4.79 Å². The normalized spacial score (nSPS) is 10.2. The highest BCUT2D eigenvalue weighted by atomic mass is 79.9. The Labute approximate surface area is 120 Å². The molecule has 0 bridgehead atoms. The molecule has 0 aliphatic rings. The predicted molar refractivity (Wildman–Crippen MR) is 79.3 cm³/mol. The van der Waals surface area contributed by atoms with E-state index in [1.165, 1.54) is 0 Å². The van der Waals surface area contributed by atoms with E-state index in [-0.39, 0.29) is 0 Å². The van der Waals surface area contributed by atoms with E-state index in [1.807, 2.05) is 43.3 Å². The summed E-state index contributed by atoms with van der Waals surface area (Å²) in [4.78, 5) is 11.3. The number of primary amides is 1. The van der Waals surface area contributed by atoms with Gasteiger partial charge in [0.25, 0.3) is 0 Å². The molecular formula is C15H14BrNO2. The maximum atomic E-state index is 11.3. The fraction of sp³-hybridized carbons (Fsp3) is 0.133. The van der Waals surface area contributed by atoms with Crippen LogP contribution in [0.4, 0.5) is 0 Å². The molecule has 0 aliphatic carbocycles. The van der Waals surface area contributed by atoms with Crippen molar-refractivity contribution in [3.8, 4) is 16.9 Å². The fourth-order valence-corrected chi connectivity index (χ4v) is 2.27. The number of carbonyl (C=O) groups excluding carboxylic acids is 1. The number of nitrogens with two attached hydrogens (primary N) is 1. The van der Waals surface area contributed by atoms with Gasteiger partial charge in [-0.25, -0.2) is 0 Å². The van der Waals surface area contributed by atoms with Crippen LogP contribution in [0, 0.1) is 0 Å². The molecule has 0 atom stereocenters. The van der Waals surface area contributed by atoms with Crippen molar-refractivity contribution < 1.29 is 9.53 Å². The molecule has 0 saturated heterocycles. The summed E-state index contributed by atoms with van der Waals surface area (Å²) in [7, 11) is 0. The molecule has 2 N–H and O–H groups in total. The van der Waals surface area contributed by atoms with Crippen molar-refractivity contribution >= 4 is 21.8 Å². The minimum atomic E-state index is -0.449. The second kappa shape index (κ2) is 5.89. The average molecular weight is 320 g/mol. The average Bonchev–Trinajstić information content (AvgIpc) is 2.39. The summed E-state index contributed by atoms with van der Waals surface area (Å²) in [6.07, 6.45) is 0. The van der Waals surface area contributed by atoms with Crippen LogP contribution in [0.3, 0.4) is 0 Å². The zero-order valence-electron chi connectivity index (χ0n) is 10.5. The number of hydrogen-bond donors (Lipinski definition) is 1. The molecule has 2 rings (SSSR count). The van der Waals surface area contributed by atoms with Crippen LogP contribution in [0.2, 0.25) is 0 Å². The molecule has 2 aromatic rings. The number of halogens is 1. The predicted octanol–water partition coefficient (Wildman–Crippen LogP) is 3.61. The highest BCUT2D eigenvalue weighted by Crippen LogP contribution is 2.27. The number of benzene rings is 2. The minimum absolute atomic E-state index is 0.449. The Hall–Kier alpha value is -1.81. The lowest BCUT2D eigenvalue weighted by Crippen LogP contribution is -2.11. The van der Waals surface area contributed by atoms with Crippen molar-refractivity contribution in [3.63, 3.8) is 0 Å². The first-order chi connectivity index (χ1) is 9.11. The van der Waals surface area contributed by atoms with Gasteiger partial charge in [0, 0.05) is 4.47 Å². The molecule has 0 radical (unpaired) electrons. The first-order valence-corrected chi connectivity index (χ1v) is 6.73. The Morgan fingerprint density at radius 2 is 1.95 bits per heavy atom. The summed E-state index contributed by atoms with van der Waals surface area (Å²) >= 11 is 3.32. The first-order valence-electron chi connectivity index (χ1n) is 5.94. The molecule has 0 saturated carbocycles. The summed E-state index contributed by atoms with van der Waals surface area (Å²) in [6, 6.07) is 13.3. The molecule has 0 unspecified atom stereocenters. The SMILES string of the molecule is CCOc1cccc(-c2ccc(Br)c(C(N)=O)c2)c1. The van der Waals surface area contributed by atoms with E-state index in [2.05, 4.69) is 15.9 Å². The minimum Gasteiger partial charge on any atom is -0.494 e. The van der Waals surface area contributed by atoms with Gasteiger partial charge in [0.2, 0.25) is 5.91 Å². The van der Waals surface area contributed by atoms with Crippen LogP contribution in [0.25, 0.3) is 11.1 Å². The van der Waals surface area contributed by atoms with E-state index in [0.29, 0.717) is 16.6 Å². The highest BCUT2D eigenvalue weighted by Gasteiger charge is 2.08. The van der Waals surface area contributed by atoms with Crippen molar-refractivity contribution in [2.75, 3.05) is 6.61 Å². The second-order valence-corrected chi connectivity index (χ2v) is 4.87. The molecule has 19 heavy (non-hydrogen) atoms. The van der Waals surface area contributed by atoms with Crippen LogP contribution >= 0.6 is 15.9 Å². The largest absolute Gasteiger partial charge is 0.494 e. The number of ether oxygens (including phenoxy) is 1. The lowest BCUT2D eigenvalue weighted by atomic mass is 10.0. The molecule has 0 spiro atoms. The fourth-order valence-electron chi connectivity index (χ4n) is 1.83. The Balaban J connectivity index is 2.44. The third kappa shape index (κ3) is 3.15. The Morgan fingerprint density at radius 1 is 1.21 bits per heavy atom. The standard InChI is InChI=1S/C15H14BrNO2/c1-2-19-12-5-3-4-10(8-12)11-6-7-14(16)13(9-11)15(17)18/h3-9H,2H2,1H3,(H2,17,18). The molecule has 2 aromatic carbocycles. The Morgan fingerprint density at radius 3 is 2.63 bits per heavy atom. The Bertz CT molecular complexity index is 611. The second-order valence-electron chi connectivity index (χ2n) is 4.02. The van der Waals surface area contributed by atoms with E-state index in [1.54, 1.807) is 6.07 Å². The van der Waals surface area contributed by atoms with E-state index in [4.69, 9.17) is 10.5 Å². The lowest BCUT2D eigenvalue weighted by molar-refractivity contribution is 0.0999. The quantitative estimate of drug-likeness (QED) is 0.935. The van der Waals surface area contributed by atoms with Crippen LogP contribution in [-0.4, -0.2) is 12.5 Å². The molecular weight excluding hydrogens is 306 g/mol. The van der Waals surface area contributed by atoms with Crippen LogP contribution in [-0.2, 0) is 0 Å². The van der Waals surface area contributed by atoms with Crippen molar-refractivity contribution in [3.05, 3.63) is 52.5 Å². The molecule has 3 nitrogen and oxygen atoms in total. The van der Waals surface area contributed by atoms with Crippen LogP contribution < -0.4 is 10.5 Å². The van der Waals surface area contributed by atoms with Gasteiger partial charge in [-0.05, 0) is 58.2 Å². The van der Waals surface area contributed by atoms with E-state index in [0.717, 1.165) is 16.9 Å². The molecule has 98 valence electrons. The van der Waals surface area contributed by atoms with Crippen molar-refractivity contribution in [1.29, 1.82) is 0 Å². The molecule has 0 heterocycles. The first kappa shape index (κ1) is 13.6. The van der Waals surface area contributed by atoms with Crippen LogP contribution in [0.1, 0.15) is 17.3 Å². The smallest absolute Gasteiger partial charge is 0.249 e. The van der Waals surface area contributed by atoms with Crippen LogP contribution in [0.5, 0.6) is 5.75 Å². The molecule has 0 aliphatic heterocycles. The van der Waals surface area contributed by atoms with Gasteiger partial charge < -0.3 is 10.5 Å². The highest BCUT2D eigenvalue weighted by molar-refractivity contribution is 9.10. The van der Waals surface area contributed by atoms with Gasteiger partial charge in [-0.1, -0.05) is 18.2 Å². The van der Waals surface area contributed by atoms with Gasteiger partial charge >= 0.3 is 0 Å². The summed E-state index contributed by atoms with van der Waals surface area (Å²) in [5, 5.41) is 0. The Kier molecular flexibility index (Phi) is 4.22. The van der Waals surface area contributed by atoms with Crippen molar-refractivity contribution in [2.24, 2.45) is 5.73 Å². The van der Waals surface area contributed by atoms with E-state index in [9.17, 15) is 4.79 Å². The summed E-state index contributed by atoms with van der Waals surface area (Å²) < 4.78 is 6.17. The lowest BCUT2D eigenvalue weighted by Gasteiger charge is -2.08. The molecule has 4 heteroatoms. The summed E-state index contributed by atoms with van der Waals surface area (Å²) in [5.41, 5.74) is 7.73. The van der Waals surface area contributed by atoms with E-state index < -0.39 is 5.91 Å². The number of amides is 1. The summed E-state index contributed by atoms with van der Waals surface area (Å²) in [5.74, 6) is 0.359. The third-order valence-electron chi connectivity index (χ3n) is 2.71. The monoisotopic (exact) mass is 319 g/mol. The van der Waals surface area contributed by atoms with Gasteiger partial charge in [0.1, 0.15) is 5.75 Å². The van der Waals surface area contributed by atoms with Crippen molar-refractivity contribution in [2.45, 2.75) is 6.92 Å². The van der Waals surface area contributed by atoms with E-state index >= 15 is 0 Å². The number of hydrogen-bond acceptors (Lipinski definition) is 2. The summed E-state index contributed by atoms with van der Waals surface area (Å²) in [6.45, 7) is 2.56. The molecule has 0 fully saturated rings. The van der Waals surface area contributed by atoms with Crippen molar-refractivity contribution in [1.82, 2.24) is 0 Å². The number of carbonyl (C=O) groups is 1. The maximum Gasteiger partial charge on any atom is 0.249 e. The zero-order valence-corrected chi connectivity index (χ0v) is 12.1. The molecule has 0 aromatic heterocycles. The van der Waals surface area contributed by atoms with Crippen LogP contribution in [0.15, 0.2) is 46.9 Å². The number of rotatable bonds is 4. The van der Waals surface area contributed by atoms with Gasteiger partial charge in [0.15, 0.2) is 0 Å². The molecule has 1 amide bonds. The van der Waals surface area contributed by atoms with Gasteiger partial charge in [0.05, 0.1) is 12.2 Å². The van der Waals surface area contributed by atoms with Gasteiger partial charge in [-0.15, -0.1) is 0 Å². The topological polar surface area (TPSA) is 52.3 Å². The maximum absolute atomic E-state index is 11.3.